The highest BCUT2D eigenvalue weighted by molar-refractivity contribution is 6.20. The van der Waals surface area contributed by atoms with E-state index in [-0.39, 0.29) is 0 Å². The molecule has 0 aromatic rings. The molecule has 1 radical (unpaired) electrons. The van der Waals surface area contributed by atoms with Crippen LogP contribution in [0.4, 0.5) is 0 Å². The molecular formula is C6H13Si. The fraction of sp³-hybridized carbons (Fsp3) is 0.500. The molecule has 0 bridgehead atoms. The lowest BCUT2D eigenvalue weighted by atomic mass is 10.2. The Morgan fingerprint density at radius 3 is 1.86 bits per heavy atom. The average Bonchev–Trinajstić information content (AvgIpc) is 1.65. The third-order valence-electron chi connectivity index (χ3n) is 1.22. The van der Waals surface area contributed by atoms with Gasteiger partial charge in [0.25, 0.3) is 0 Å². The maximum absolute atomic E-state index is 2.18. The molecule has 1 heteroatoms. The van der Waals surface area contributed by atoms with Crippen molar-refractivity contribution in [3.05, 3.63) is 17.2 Å². The van der Waals surface area contributed by atoms with Gasteiger partial charge < -0.3 is 0 Å². The fourth-order valence-electron chi connectivity index (χ4n) is 0.289. The van der Waals surface area contributed by atoms with E-state index in [1.54, 1.807) is 5.54 Å². The van der Waals surface area contributed by atoms with Crippen molar-refractivity contribution in [3.8, 4) is 0 Å². The second-order valence-electron chi connectivity index (χ2n) is 1.97. The first-order valence-electron chi connectivity index (χ1n) is 2.62. The molecule has 0 saturated carbocycles. The SMILES string of the molecule is CC=C(C)[C](C)[SiH3]. The summed E-state index contributed by atoms with van der Waals surface area (Å²) in [6.45, 7) is 6.42. The molecule has 0 aliphatic rings. The van der Waals surface area contributed by atoms with Gasteiger partial charge in [-0.05, 0) is 19.4 Å². The van der Waals surface area contributed by atoms with E-state index in [1.807, 2.05) is 0 Å². The number of allylic oxidation sites excluding steroid dienone is 2. The van der Waals surface area contributed by atoms with E-state index in [1.165, 1.54) is 15.8 Å². The lowest BCUT2D eigenvalue weighted by Crippen LogP contribution is -1.89. The minimum Gasteiger partial charge on any atom is -0.0885 e. The third-order valence-corrected chi connectivity index (χ3v) is 2.01. The summed E-state index contributed by atoms with van der Waals surface area (Å²) in [7, 11) is 1.21. The van der Waals surface area contributed by atoms with Gasteiger partial charge in [0.2, 0.25) is 0 Å². The van der Waals surface area contributed by atoms with Crippen LogP contribution in [-0.4, -0.2) is 10.2 Å². The van der Waals surface area contributed by atoms with E-state index >= 15 is 0 Å². The Morgan fingerprint density at radius 2 is 1.86 bits per heavy atom. The van der Waals surface area contributed by atoms with Gasteiger partial charge in [0.05, 0.1) is 0 Å². The number of hydrogen-bond acceptors (Lipinski definition) is 0. The monoisotopic (exact) mass is 113 g/mol. The van der Waals surface area contributed by atoms with Gasteiger partial charge in [-0.2, -0.15) is 0 Å². The van der Waals surface area contributed by atoms with Crippen molar-refractivity contribution in [1.82, 2.24) is 0 Å². The van der Waals surface area contributed by atoms with Crippen LogP contribution in [0.1, 0.15) is 20.8 Å². The molecule has 0 aliphatic heterocycles. The van der Waals surface area contributed by atoms with Crippen LogP contribution in [-0.2, 0) is 0 Å². The van der Waals surface area contributed by atoms with E-state index in [4.69, 9.17) is 0 Å². The van der Waals surface area contributed by atoms with Gasteiger partial charge >= 0.3 is 0 Å². The van der Waals surface area contributed by atoms with E-state index in [9.17, 15) is 0 Å². The van der Waals surface area contributed by atoms with Crippen molar-refractivity contribution < 1.29 is 0 Å². The zero-order chi connectivity index (χ0) is 5.86. The summed E-state index contributed by atoms with van der Waals surface area (Å²) in [6, 6.07) is 0. The lowest BCUT2D eigenvalue weighted by molar-refractivity contribution is 1.28. The number of hydrogen-bond donors (Lipinski definition) is 0. The van der Waals surface area contributed by atoms with E-state index in [0.717, 1.165) is 0 Å². The minimum absolute atomic E-state index is 1.21. The van der Waals surface area contributed by atoms with Crippen molar-refractivity contribution in [2.45, 2.75) is 20.8 Å². The Hall–Kier alpha value is -0.0431. The Morgan fingerprint density at radius 1 is 1.43 bits per heavy atom. The molecule has 0 aromatic carbocycles. The highest BCUT2D eigenvalue weighted by Crippen LogP contribution is 2.04. The summed E-state index contributed by atoms with van der Waals surface area (Å²) in [5.41, 5.74) is 2.99. The molecule has 0 atom stereocenters. The van der Waals surface area contributed by atoms with Gasteiger partial charge in [-0.3, -0.25) is 0 Å². The first-order chi connectivity index (χ1) is 3.18. The van der Waals surface area contributed by atoms with Crippen LogP contribution in [0.25, 0.3) is 0 Å². The molecule has 0 unspecified atom stereocenters. The summed E-state index contributed by atoms with van der Waals surface area (Å²) >= 11 is 0. The smallest absolute Gasteiger partial charge is 0.0161 e. The molecule has 0 saturated heterocycles. The van der Waals surface area contributed by atoms with E-state index in [2.05, 4.69) is 26.8 Å². The molecule has 0 N–H and O–H groups in total. The minimum atomic E-state index is 1.21. The standard InChI is InChI=1S/C6H13Si/c1-4-5(2)6(3)7/h4H,1-3,7H3. The molecule has 0 amide bonds. The van der Waals surface area contributed by atoms with Gasteiger partial charge in [-0.1, -0.05) is 18.6 Å². The van der Waals surface area contributed by atoms with E-state index < -0.39 is 0 Å². The summed E-state index contributed by atoms with van der Waals surface area (Å²) in [5, 5.41) is 0. The second kappa shape index (κ2) is 3.02. The maximum Gasteiger partial charge on any atom is 0.0161 e. The van der Waals surface area contributed by atoms with Crippen molar-refractivity contribution >= 4 is 10.2 Å². The Bertz CT molecular complexity index is 72.2. The predicted octanol–water partition coefficient (Wildman–Crippen LogP) is 0.870. The summed E-state index contributed by atoms with van der Waals surface area (Å²) in [4.78, 5) is 0. The first kappa shape index (κ1) is 6.96. The third kappa shape index (κ3) is 2.63. The summed E-state index contributed by atoms with van der Waals surface area (Å²) in [6.07, 6.45) is 2.16. The first-order valence-corrected chi connectivity index (χ1v) is 3.62. The van der Waals surface area contributed by atoms with Crippen LogP contribution in [0.15, 0.2) is 11.6 Å². The van der Waals surface area contributed by atoms with Gasteiger partial charge in [0.15, 0.2) is 0 Å². The zero-order valence-electron chi connectivity index (χ0n) is 5.58. The fourth-order valence-corrected chi connectivity index (χ4v) is 0.577. The molecule has 41 valence electrons. The molecule has 0 heterocycles. The molecule has 0 aliphatic carbocycles. The molecule has 0 fully saturated rings. The molecule has 7 heavy (non-hydrogen) atoms. The largest absolute Gasteiger partial charge is 0.0885 e. The van der Waals surface area contributed by atoms with Crippen LogP contribution in [0.5, 0.6) is 0 Å². The maximum atomic E-state index is 2.18. The summed E-state index contributed by atoms with van der Waals surface area (Å²) in [5.74, 6) is 0. The van der Waals surface area contributed by atoms with Crippen molar-refractivity contribution in [3.63, 3.8) is 0 Å². The number of rotatable bonds is 1. The van der Waals surface area contributed by atoms with Gasteiger partial charge in [0, 0.05) is 10.2 Å². The summed E-state index contributed by atoms with van der Waals surface area (Å²) < 4.78 is 0. The van der Waals surface area contributed by atoms with Crippen molar-refractivity contribution in [1.29, 1.82) is 0 Å². The molecule has 0 spiro atoms. The Labute approximate surface area is 49.0 Å². The lowest BCUT2D eigenvalue weighted by Gasteiger charge is -1.99. The molecule has 0 rings (SSSR count). The van der Waals surface area contributed by atoms with Crippen molar-refractivity contribution in [2.75, 3.05) is 0 Å². The van der Waals surface area contributed by atoms with Gasteiger partial charge in [0.1, 0.15) is 0 Å². The molecular weight excluding hydrogens is 100 g/mol. The Kier molecular flexibility index (Phi) is 3.01. The highest BCUT2D eigenvalue weighted by Gasteiger charge is 1.91. The van der Waals surface area contributed by atoms with Crippen LogP contribution >= 0.6 is 0 Å². The highest BCUT2D eigenvalue weighted by atomic mass is 28.1. The van der Waals surface area contributed by atoms with Crippen LogP contribution in [0, 0.1) is 5.54 Å². The van der Waals surface area contributed by atoms with E-state index in [0.29, 0.717) is 0 Å². The topological polar surface area (TPSA) is 0 Å². The van der Waals surface area contributed by atoms with Crippen LogP contribution in [0.2, 0.25) is 0 Å². The Balaban J connectivity index is 3.56. The van der Waals surface area contributed by atoms with Crippen LogP contribution < -0.4 is 0 Å². The van der Waals surface area contributed by atoms with Crippen molar-refractivity contribution in [2.24, 2.45) is 0 Å². The second-order valence-corrected chi connectivity index (χ2v) is 3.47. The van der Waals surface area contributed by atoms with Gasteiger partial charge in [-0.15, -0.1) is 0 Å². The van der Waals surface area contributed by atoms with Gasteiger partial charge in [-0.25, -0.2) is 0 Å². The quantitative estimate of drug-likeness (QED) is 0.443. The zero-order valence-corrected chi connectivity index (χ0v) is 7.58. The normalized spacial score (nSPS) is 13.4. The van der Waals surface area contributed by atoms with Crippen LogP contribution in [0.3, 0.4) is 0 Å². The molecule has 0 aromatic heterocycles. The molecule has 0 nitrogen and oxygen atoms in total. The predicted molar refractivity (Wildman–Crippen MR) is 38.3 cm³/mol. The average molecular weight is 113 g/mol.